The van der Waals surface area contributed by atoms with Crippen LogP contribution in [0.15, 0.2) is 18.2 Å². The number of benzene rings is 1. The normalized spacial score (nSPS) is 20.7. The van der Waals surface area contributed by atoms with Gasteiger partial charge in [-0.1, -0.05) is 6.42 Å². The number of nitrogens with one attached hydrogen (secondary N) is 1. The van der Waals surface area contributed by atoms with Gasteiger partial charge < -0.3 is 15.1 Å². The van der Waals surface area contributed by atoms with Crippen LogP contribution in [0.25, 0.3) is 0 Å². The van der Waals surface area contributed by atoms with E-state index in [9.17, 15) is 14.4 Å². The zero-order valence-corrected chi connectivity index (χ0v) is 15.0. The molecule has 0 atom stereocenters. The second-order valence-electron chi connectivity index (χ2n) is 7.52. The van der Waals surface area contributed by atoms with E-state index < -0.39 is 0 Å². The Bertz CT molecular complexity index is 742. The van der Waals surface area contributed by atoms with Crippen LogP contribution in [0, 0.1) is 5.92 Å². The average molecular weight is 355 g/mol. The van der Waals surface area contributed by atoms with Gasteiger partial charge in [-0.15, -0.1) is 0 Å². The highest BCUT2D eigenvalue weighted by Gasteiger charge is 2.31. The molecular weight excluding hydrogens is 330 g/mol. The number of rotatable bonds is 2. The minimum atomic E-state index is 0.0163. The van der Waals surface area contributed by atoms with E-state index in [1.165, 1.54) is 0 Å². The lowest BCUT2D eigenvalue weighted by molar-refractivity contribution is -0.138. The van der Waals surface area contributed by atoms with Gasteiger partial charge in [-0.3, -0.25) is 14.4 Å². The van der Waals surface area contributed by atoms with Gasteiger partial charge in [0.15, 0.2) is 0 Å². The minimum absolute atomic E-state index is 0.0163. The average Bonchev–Trinajstić information content (AvgIpc) is 2.85. The molecule has 1 aromatic carbocycles. The molecule has 6 heteroatoms. The number of anilines is 1. The number of fused-ring (bicyclic) bond motifs is 1. The molecule has 138 valence electrons. The maximum Gasteiger partial charge on any atom is 0.253 e. The number of amides is 3. The van der Waals surface area contributed by atoms with Crippen LogP contribution in [0.2, 0.25) is 0 Å². The van der Waals surface area contributed by atoms with Crippen LogP contribution in [0.5, 0.6) is 0 Å². The number of hydrogen-bond donors (Lipinski definition) is 1. The summed E-state index contributed by atoms with van der Waals surface area (Å²) in [6, 6.07) is 5.51. The molecule has 1 saturated heterocycles. The SMILES string of the molecule is O=C1CCc2cc(C(=O)N3CCCN(C(=O)C4CCC4)CC3)ccc2N1. The van der Waals surface area contributed by atoms with Crippen molar-refractivity contribution in [3.05, 3.63) is 29.3 Å². The summed E-state index contributed by atoms with van der Waals surface area (Å²) in [5, 5.41) is 2.85. The van der Waals surface area contributed by atoms with Gasteiger partial charge in [0.2, 0.25) is 11.8 Å². The van der Waals surface area contributed by atoms with Crippen molar-refractivity contribution in [2.75, 3.05) is 31.5 Å². The smallest absolute Gasteiger partial charge is 0.253 e. The van der Waals surface area contributed by atoms with Crippen LogP contribution < -0.4 is 5.32 Å². The molecule has 0 bridgehead atoms. The largest absolute Gasteiger partial charge is 0.341 e. The summed E-state index contributed by atoms with van der Waals surface area (Å²) in [6.07, 6.45) is 5.16. The molecule has 6 nitrogen and oxygen atoms in total. The summed E-state index contributed by atoms with van der Waals surface area (Å²) in [5.41, 5.74) is 2.50. The first-order chi connectivity index (χ1) is 12.6. The molecule has 0 aromatic heterocycles. The topological polar surface area (TPSA) is 69.7 Å². The highest BCUT2D eigenvalue weighted by atomic mass is 16.2. The Kier molecular flexibility index (Phi) is 4.66. The number of carbonyl (C=O) groups excluding carboxylic acids is 3. The van der Waals surface area contributed by atoms with Crippen molar-refractivity contribution in [3.63, 3.8) is 0 Å². The molecule has 0 radical (unpaired) electrons. The molecule has 26 heavy (non-hydrogen) atoms. The van der Waals surface area contributed by atoms with Gasteiger partial charge in [-0.25, -0.2) is 0 Å². The van der Waals surface area contributed by atoms with Crippen LogP contribution in [-0.2, 0) is 16.0 Å². The minimum Gasteiger partial charge on any atom is -0.341 e. The Hall–Kier alpha value is -2.37. The van der Waals surface area contributed by atoms with Gasteiger partial charge in [0.05, 0.1) is 0 Å². The van der Waals surface area contributed by atoms with Crippen LogP contribution in [0.4, 0.5) is 5.69 Å². The summed E-state index contributed by atoms with van der Waals surface area (Å²) in [7, 11) is 0. The lowest BCUT2D eigenvalue weighted by atomic mass is 9.84. The quantitative estimate of drug-likeness (QED) is 0.883. The van der Waals surface area contributed by atoms with Crippen LogP contribution in [0.3, 0.4) is 0 Å². The maximum absolute atomic E-state index is 12.9. The lowest BCUT2D eigenvalue weighted by Crippen LogP contribution is -2.41. The van der Waals surface area contributed by atoms with Gasteiger partial charge in [0, 0.05) is 49.8 Å². The Morgan fingerprint density at radius 2 is 1.73 bits per heavy atom. The van der Waals surface area contributed by atoms with Crippen molar-refractivity contribution in [2.24, 2.45) is 5.92 Å². The molecule has 3 aliphatic rings. The van der Waals surface area contributed by atoms with E-state index in [1.807, 2.05) is 21.9 Å². The van der Waals surface area contributed by atoms with Crippen molar-refractivity contribution >= 4 is 23.4 Å². The van der Waals surface area contributed by atoms with Crippen molar-refractivity contribution in [3.8, 4) is 0 Å². The van der Waals surface area contributed by atoms with Crippen molar-refractivity contribution in [2.45, 2.75) is 38.5 Å². The van der Waals surface area contributed by atoms with E-state index in [1.54, 1.807) is 6.07 Å². The van der Waals surface area contributed by atoms with Gasteiger partial charge in [-0.2, -0.15) is 0 Å². The molecule has 0 spiro atoms. The second kappa shape index (κ2) is 7.09. The van der Waals surface area contributed by atoms with Gasteiger partial charge in [0.25, 0.3) is 5.91 Å². The summed E-state index contributed by atoms with van der Waals surface area (Å²) in [4.78, 5) is 40.6. The molecule has 2 aliphatic heterocycles. The monoisotopic (exact) mass is 355 g/mol. The first kappa shape index (κ1) is 17.1. The van der Waals surface area contributed by atoms with Crippen LogP contribution in [0.1, 0.15) is 48.0 Å². The van der Waals surface area contributed by atoms with E-state index in [0.717, 1.165) is 43.5 Å². The highest BCUT2D eigenvalue weighted by Crippen LogP contribution is 2.29. The number of nitrogens with zero attached hydrogens (tertiary/aromatic N) is 2. The highest BCUT2D eigenvalue weighted by molar-refractivity contribution is 5.98. The third-order valence-corrected chi connectivity index (χ3v) is 5.80. The molecule has 3 amide bonds. The van der Waals surface area contributed by atoms with Crippen molar-refractivity contribution in [1.29, 1.82) is 0 Å². The number of aryl methyl sites for hydroxylation is 1. The predicted octanol–water partition coefficient (Wildman–Crippen LogP) is 2.05. The Morgan fingerprint density at radius 1 is 0.962 bits per heavy atom. The summed E-state index contributed by atoms with van der Waals surface area (Å²) in [5.74, 6) is 0.533. The zero-order valence-electron chi connectivity index (χ0n) is 15.0. The summed E-state index contributed by atoms with van der Waals surface area (Å²) in [6.45, 7) is 2.64. The fraction of sp³-hybridized carbons (Fsp3) is 0.550. The van der Waals surface area contributed by atoms with E-state index in [2.05, 4.69) is 5.32 Å². The molecule has 4 rings (SSSR count). The molecule has 1 N–H and O–H groups in total. The predicted molar refractivity (Wildman–Crippen MR) is 97.8 cm³/mol. The van der Waals surface area contributed by atoms with Crippen molar-refractivity contribution < 1.29 is 14.4 Å². The van der Waals surface area contributed by atoms with Gasteiger partial charge in [0.1, 0.15) is 0 Å². The van der Waals surface area contributed by atoms with E-state index in [-0.39, 0.29) is 23.6 Å². The fourth-order valence-electron chi connectivity index (χ4n) is 3.95. The fourth-order valence-corrected chi connectivity index (χ4v) is 3.95. The van der Waals surface area contributed by atoms with Gasteiger partial charge >= 0.3 is 0 Å². The Balaban J connectivity index is 1.42. The number of hydrogen-bond acceptors (Lipinski definition) is 3. The van der Waals surface area contributed by atoms with E-state index >= 15 is 0 Å². The molecule has 2 heterocycles. The molecule has 1 saturated carbocycles. The summed E-state index contributed by atoms with van der Waals surface area (Å²) >= 11 is 0. The third-order valence-electron chi connectivity index (χ3n) is 5.80. The first-order valence-corrected chi connectivity index (χ1v) is 9.62. The van der Waals surface area contributed by atoms with E-state index in [0.29, 0.717) is 38.0 Å². The molecule has 0 unspecified atom stereocenters. The first-order valence-electron chi connectivity index (χ1n) is 9.62. The molecular formula is C20H25N3O3. The summed E-state index contributed by atoms with van der Waals surface area (Å²) < 4.78 is 0. The van der Waals surface area contributed by atoms with Crippen LogP contribution >= 0.6 is 0 Å². The maximum atomic E-state index is 12.9. The molecule has 2 fully saturated rings. The Morgan fingerprint density at radius 3 is 2.50 bits per heavy atom. The van der Waals surface area contributed by atoms with Gasteiger partial charge in [-0.05, 0) is 49.4 Å². The van der Waals surface area contributed by atoms with E-state index in [4.69, 9.17) is 0 Å². The standard InChI is InChI=1S/C20H25N3O3/c24-18-8-6-15-13-16(5-7-17(15)21-18)20(26)23-10-2-9-22(11-12-23)19(25)14-3-1-4-14/h5,7,13-14H,1-4,6,8-12H2,(H,21,24). The third kappa shape index (κ3) is 3.32. The Labute approximate surface area is 153 Å². The van der Waals surface area contributed by atoms with Crippen LogP contribution in [-0.4, -0.2) is 53.7 Å². The molecule has 1 aliphatic carbocycles. The second-order valence-corrected chi connectivity index (χ2v) is 7.52. The zero-order chi connectivity index (χ0) is 18.1. The molecule has 1 aromatic rings. The lowest BCUT2D eigenvalue weighted by Gasteiger charge is -2.31. The van der Waals surface area contributed by atoms with Crippen molar-refractivity contribution in [1.82, 2.24) is 9.80 Å². The number of carbonyl (C=O) groups is 3.